The number of hydrogen-bond donors (Lipinski definition) is 1. The highest BCUT2D eigenvalue weighted by Gasteiger charge is 2.24. The molecule has 0 amide bonds. The smallest absolute Gasteiger partial charge is 0.0622 e. The molecule has 1 N–H and O–H groups in total. The summed E-state index contributed by atoms with van der Waals surface area (Å²) in [6, 6.07) is 0.666. The average Bonchev–Trinajstić information content (AvgIpc) is 2.21. The van der Waals surface area contributed by atoms with Gasteiger partial charge in [0.05, 0.1) is 13.2 Å². The molecule has 2 aliphatic rings. The van der Waals surface area contributed by atoms with Crippen LogP contribution in [-0.4, -0.2) is 25.8 Å². The fourth-order valence-electron chi connectivity index (χ4n) is 2.43. The molecule has 1 saturated carbocycles. The molecule has 2 heteroatoms. The lowest BCUT2D eigenvalue weighted by atomic mass is 9.84. The van der Waals surface area contributed by atoms with E-state index in [1.807, 2.05) is 0 Å². The minimum Gasteiger partial charge on any atom is -0.379 e. The molecule has 0 aromatic heterocycles. The van der Waals surface area contributed by atoms with Crippen LogP contribution in [0.15, 0.2) is 0 Å². The lowest BCUT2D eigenvalue weighted by Gasteiger charge is -2.33. The average molecular weight is 169 g/mol. The molecule has 0 bridgehead atoms. The van der Waals surface area contributed by atoms with Crippen molar-refractivity contribution in [2.24, 2.45) is 5.92 Å². The molecule has 70 valence electrons. The summed E-state index contributed by atoms with van der Waals surface area (Å²) in [4.78, 5) is 0. The first-order valence-electron chi connectivity index (χ1n) is 5.28. The van der Waals surface area contributed by atoms with Crippen molar-refractivity contribution in [2.75, 3.05) is 19.8 Å². The lowest BCUT2D eigenvalue weighted by molar-refractivity contribution is 0.0489. The summed E-state index contributed by atoms with van der Waals surface area (Å²) in [6.07, 6.45) is 7.15. The Balaban J connectivity index is 1.80. The summed E-state index contributed by atoms with van der Waals surface area (Å²) in [5.74, 6) is 0.902. The first-order valence-corrected chi connectivity index (χ1v) is 5.28. The highest BCUT2D eigenvalue weighted by molar-refractivity contribution is 4.80. The predicted molar refractivity (Wildman–Crippen MR) is 49.2 cm³/mol. The Morgan fingerprint density at radius 1 is 1.08 bits per heavy atom. The van der Waals surface area contributed by atoms with E-state index in [2.05, 4.69) is 5.32 Å². The number of morpholine rings is 1. The van der Waals surface area contributed by atoms with Crippen molar-refractivity contribution in [1.29, 1.82) is 0 Å². The van der Waals surface area contributed by atoms with E-state index in [1.165, 1.54) is 32.1 Å². The normalized spacial score (nSPS) is 33.5. The van der Waals surface area contributed by atoms with E-state index in [9.17, 15) is 0 Å². The van der Waals surface area contributed by atoms with Gasteiger partial charge in [-0.05, 0) is 18.8 Å². The first kappa shape index (κ1) is 8.52. The van der Waals surface area contributed by atoms with Crippen LogP contribution in [0.2, 0.25) is 0 Å². The van der Waals surface area contributed by atoms with Gasteiger partial charge < -0.3 is 10.1 Å². The molecule has 1 aliphatic carbocycles. The third-order valence-corrected chi connectivity index (χ3v) is 3.17. The third kappa shape index (κ3) is 1.99. The van der Waals surface area contributed by atoms with Crippen LogP contribution in [0.25, 0.3) is 0 Å². The van der Waals surface area contributed by atoms with Crippen LogP contribution in [0.4, 0.5) is 0 Å². The van der Waals surface area contributed by atoms with Crippen molar-refractivity contribution in [1.82, 2.24) is 5.32 Å². The predicted octanol–water partition coefficient (Wildman–Crippen LogP) is 1.56. The van der Waals surface area contributed by atoms with Gasteiger partial charge in [-0.3, -0.25) is 0 Å². The summed E-state index contributed by atoms with van der Waals surface area (Å²) in [6.45, 7) is 2.91. The van der Waals surface area contributed by atoms with Crippen LogP contribution in [0.1, 0.15) is 32.1 Å². The molecule has 12 heavy (non-hydrogen) atoms. The van der Waals surface area contributed by atoms with Gasteiger partial charge in [-0.1, -0.05) is 19.3 Å². The van der Waals surface area contributed by atoms with Gasteiger partial charge >= 0.3 is 0 Å². The number of hydrogen-bond acceptors (Lipinski definition) is 2. The second-order valence-corrected chi connectivity index (χ2v) is 4.03. The van der Waals surface area contributed by atoms with Gasteiger partial charge in [0, 0.05) is 12.6 Å². The number of rotatable bonds is 1. The molecular weight excluding hydrogens is 150 g/mol. The number of nitrogens with one attached hydrogen (secondary N) is 1. The molecule has 1 saturated heterocycles. The number of ether oxygens (including phenoxy) is 1. The van der Waals surface area contributed by atoms with Gasteiger partial charge in [-0.25, -0.2) is 0 Å². The van der Waals surface area contributed by atoms with Gasteiger partial charge in [0.15, 0.2) is 0 Å². The van der Waals surface area contributed by atoms with Gasteiger partial charge in [0.25, 0.3) is 0 Å². The topological polar surface area (TPSA) is 21.3 Å². The summed E-state index contributed by atoms with van der Waals surface area (Å²) in [7, 11) is 0. The quantitative estimate of drug-likeness (QED) is 0.643. The lowest BCUT2D eigenvalue weighted by Crippen LogP contribution is -2.46. The van der Waals surface area contributed by atoms with Gasteiger partial charge in [-0.15, -0.1) is 0 Å². The van der Waals surface area contributed by atoms with Crippen molar-refractivity contribution < 1.29 is 4.74 Å². The maximum atomic E-state index is 5.47. The van der Waals surface area contributed by atoms with E-state index < -0.39 is 0 Å². The molecule has 1 aliphatic heterocycles. The van der Waals surface area contributed by atoms with E-state index in [4.69, 9.17) is 4.74 Å². The second-order valence-electron chi connectivity index (χ2n) is 4.03. The largest absolute Gasteiger partial charge is 0.379 e. The molecular formula is C10H19NO. The monoisotopic (exact) mass is 169 g/mol. The molecule has 0 radical (unpaired) electrons. The maximum Gasteiger partial charge on any atom is 0.0622 e. The molecule has 2 rings (SSSR count). The Hall–Kier alpha value is -0.0800. The Labute approximate surface area is 74.7 Å². The van der Waals surface area contributed by atoms with Crippen LogP contribution in [0, 0.1) is 5.92 Å². The third-order valence-electron chi connectivity index (χ3n) is 3.17. The van der Waals surface area contributed by atoms with Crippen molar-refractivity contribution in [2.45, 2.75) is 38.1 Å². The van der Waals surface area contributed by atoms with Gasteiger partial charge in [-0.2, -0.15) is 0 Å². The molecule has 1 atom stereocenters. The van der Waals surface area contributed by atoms with E-state index in [-0.39, 0.29) is 0 Å². The van der Waals surface area contributed by atoms with Crippen molar-refractivity contribution >= 4 is 0 Å². The van der Waals surface area contributed by atoms with Crippen LogP contribution in [-0.2, 0) is 4.74 Å². The van der Waals surface area contributed by atoms with Gasteiger partial charge in [0.1, 0.15) is 0 Å². The fraction of sp³-hybridized carbons (Fsp3) is 1.00. The zero-order valence-electron chi connectivity index (χ0n) is 7.72. The Morgan fingerprint density at radius 2 is 1.92 bits per heavy atom. The van der Waals surface area contributed by atoms with E-state index in [0.717, 1.165) is 25.7 Å². The van der Waals surface area contributed by atoms with E-state index in [0.29, 0.717) is 6.04 Å². The molecule has 1 heterocycles. The molecule has 0 spiro atoms. The Bertz CT molecular complexity index is 110. The Morgan fingerprint density at radius 3 is 2.58 bits per heavy atom. The van der Waals surface area contributed by atoms with Crippen molar-refractivity contribution in [3.8, 4) is 0 Å². The summed E-state index contributed by atoms with van der Waals surface area (Å²) in [5, 5.41) is 3.56. The summed E-state index contributed by atoms with van der Waals surface area (Å²) >= 11 is 0. The van der Waals surface area contributed by atoms with E-state index >= 15 is 0 Å². The minimum atomic E-state index is 0.666. The highest BCUT2D eigenvalue weighted by Crippen LogP contribution is 2.27. The van der Waals surface area contributed by atoms with Crippen LogP contribution in [0.3, 0.4) is 0 Å². The fourth-order valence-corrected chi connectivity index (χ4v) is 2.43. The minimum absolute atomic E-state index is 0.666. The Kier molecular flexibility index (Phi) is 3.01. The highest BCUT2D eigenvalue weighted by atomic mass is 16.5. The van der Waals surface area contributed by atoms with Gasteiger partial charge in [0.2, 0.25) is 0 Å². The standard InChI is InChI=1S/C10H19NO/c1-2-4-9(5-3-1)10-8-12-7-6-11-10/h9-11H,1-8H2/t10-/m1/s1. The zero-order chi connectivity index (χ0) is 8.23. The molecule has 0 aromatic carbocycles. The first-order chi connectivity index (χ1) is 5.97. The summed E-state index contributed by atoms with van der Waals surface area (Å²) < 4.78 is 5.47. The van der Waals surface area contributed by atoms with Crippen molar-refractivity contribution in [3.05, 3.63) is 0 Å². The van der Waals surface area contributed by atoms with E-state index in [1.54, 1.807) is 0 Å². The molecule has 0 aromatic rings. The second kappa shape index (κ2) is 4.24. The molecule has 0 unspecified atom stereocenters. The zero-order valence-corrected chi connectivity index (χ0v) is 7.72. The summed E-state index contributed by atoms with van der Waals surface area (Å²) in [5.41, 5.74) is 0. The van der Waals surface area contributed by atoms with Crippen molar-refractivity contribution in [3.63, 3.8) is 0 Å². The molecule has 2 nitrogen and oxygen atoms in total. The van der Waals surface area contributed by atoms with Crippen LogP contribution < -0.4 is 5.32 Å². The maximum absolute atomic E-state index is 5.47. The van der Waals surface area contributed by atoms with Crippen LogP contribution in [0.5, 0.6) is 0 Å². The molecule has 2 fully saturated rings. The van der Waals surface area contributed by atoms with Crippen LogP contribution >= 0.6 is 0 Å². The SMILES string of the molecule is C1CCC([C@H]2COCCN2)CC1.